The summed E-state index contributed by atoms with van der Waals surface area (Å²) in [5.41, 5.74) is 2.07. The van der Waals surface area contributed by atoms with Gasteiger partial charge in [-0.3, -0.25) is 4.79 Å². The number of ether oxygens (including phenoxy) is 1. The fourth-order valence-corrected chi connectivity index (χ4v) is 2.26. The summed E-state index contributed by atoms with van der Waals surface area (Å²) in [7, 11) is 1.64. The highest BCUT2D eigenvalue weighted by atomic mass is 16.5. The molecule has 6 heteroatoms. The molecule has 0 saturated carbocycles. The van der Waals surface area contributed by atoms with Gasteiger partial charge in [0.05, 0.1) is 6.61 Å². The maximum atomic E-state index is 12.4. The lowest BCUT2D eigenvalue weighted by Crippen LogP contribution is -2.20. The van der Waals surface area contributed by atoms with E-state index in [1.807, 2.05) is 24.3 Å². The largest absolute Gasteiger partial charge is 0.383 e. The highest BCUT2D eigenvalue weighted by Gasteiger charge is 2.19. The van der Waals surface area contributed by atoms with Gasteiger partial charge in [0.2, 0.25) is 0 Å². The lowest BCUT2D eigenvalue weighted by Gasteiger charge is -2.22. The first-order valence-electron chi connectivity index (χ1n) is 7.89. The molecule has 0 bridgehead atoms. The van der Waals surface area contributed by atoms with Crippen LogP contribution in [0.4, 0.5) is 11.5 Å². The van der Waals surface area contributed by atoms with Crippen molar-refractivity contribution in [3.05, 3.63) is 47.7 Å². The van der Waals surface area contributed by atoms with Crippen LogP contribution in [0.5, 0.6) is 0 Å². The predicted molar refractivity (Wildman–Crippen MR) is 95.5 cm³/mol. The first kappa shape index (κ1) is 17.9. The summed E-state index contributed by atoms with van der Waals surface area (Å²) in [6, 6.07) is 11.2. The van der Waals surface area contributed by atoms with E-state index >= 15 is 0 Å². The number of nitrogens with one attached hydrogen (secondary N) is 2. The number of hydrogen-bond donors (Lipinski definition) is 2. The number of carbonyl (C=O) groups excluding carboxylic acids is 1. The van der Waals surface area contributed by atoms with E-state index in [-0.39, 0.29) is 17.0 Å². The molecule has 6 nitrogen and oxygen atoms in total. The average Bonchev–Trinajstić information content (AvgIpc) is 2.55. The molecule has 2 rings (SSSR count). The second-order valence-electron chi connectivity index (χ2n) is 6.47. The second-order valence-corrected chi connectivity index (χ2v) is 6.47. The number of benzene rings is 1. The maximum Gasteiger partial charge on any atom is 0.276 e. The summed E-state index contributed by atoms with van der Waals surface area (Å²) in [4.78, 5) is 12.4. The van der Waals surface area contributed by atoms with Gasteiger partial charge in [-0.2, -0.15) is 0 Å². The van der Waals surface area contributed by atoms with Crippen molar-refractivity contribution < 1.29 is 9.53 Å². The van der Waals surface area contributed by atoms with Crippen LogP contribution in [-0.4, -0.2) is 36.4 Å². The van der Waals surface area contributed by atoms with Crippen molar-refractivity contribution in [1.82, 2.24) is 10.2 Å². The quantitative estimate of drug-likeness (QED) is 0.797. The van der Waals surface area contributed by atoms with Gasteiger partial charge in [0.25, 0.3) is 5.91 Å². The summed E-state index contributed by atoms with van der Waals surface area (Å²) in [6.45, 7) is 7.54. The van der Waals surface area contributed by atoms with E-state index in [1.165, 1.54) is 0 Å². The minimum atomic E-state index is -0.275. The zero-order valence-electron chi connectivity index (χ0n) is 14.6. The number of aromatic nitrogens is 2. The molecule has 0 saturated heterocycles. The lowest BCUT2D eigenvalue weighted by atomic mass is 9.86. The molecule has 0 unspecified atom stereocenters. The van der Waals surface area contributed by atoms with Gasteiger partial charge in [0.1, 0.15) is 5.82 Å². The van der Waals surface area contributed by atoms with E-state index in [4.69, 9.17) is 4.74 Å². The number of carbonyl (C=O) groups is 1. The fourth-order valence-electron chi connectivity index (χ4n) is 2.26. The molecule has 128 valence electrons. The Labute approximate surface area is 142 Å². The minimum absolute atomic E-state index is 0.0648. The molecule has 0 fully saturated rings. The number of anilines is 2. The molecule has 2 N–H and O–H groups in total. The normalized spacial score (nSPS) is 11.2. The smallest absolute Gasteiger partial charge is 0.276 e. The Balaban J connectivity index is 2.08. The number of hydrogen-bond acceptors (Lipinski definition) is 5. The predicted octanol–water partition coefficient (Wildman–Crippen LogP) is 3.08. The molecule has 0 radical (unpaired) electrons. The van der Waals surface area contributed by atoms with Crippen LogP contribution >= 0.6 is 0 Å². The van der Waals surface area contributed by atoms with Gasteiger partial charge >= 0.3 is 0 Å². The van der Waals surface area contributed by atoms with Gasteiger partial charge in [-0.1, -0.05) is 39.0 Å². The summed E-state index contributed by atoms with van der Waals surface area (Å²) < 4.78 is 4.96. The average molecular weight is 328 g/mol. The molecule has 24 heavy (non-hydrogen) atoms. The van der Waals surface area contributed by atoms with Crippen molar-refractivity contribution in [2.45, 2.75) is 26.2 Å². The van der Waals surface area contributed by atoms with Crippen molar-refractivity contribution in [2.24, 2.45) is 0 Å². The van der Waals surface area contributed by atoms with Crippen molar-refractivity contribution in [1.29, 1.82) is 0 Å². The van der Waals surface area contributed by atoms with Gasteiger partial charge in [0.15, 0.2) is 5.69 Å². The number of amides is 1. The van der Waals surface area contributed by atoms with Crippen LogP contribution in [-0.2, 0) is 10.2 Å². The van der Waals surface area contributed by atoms with Crippen molar-refractivity contribution in [3.63, 3.8) is 0 Å². The molecule has 0 spiro atoms. The Morgan fingerprint density at radius 1 is 1.12 bits per heavy atom. The Bertz CT molecular complexity index is 678. The third kappa shape index (κ3) is 4.76. The Morgan fingerprint density at radius 3 is 2.50 bits per heavy atom. The van der Waals surface area contributed by atoms with Gasteiger partial charge in [-0.15, -0.1) is 10.2 Å². The highest BCUT2D eigenvalue weighted by Crippen LogP contribution is 2.29. The summed E-state index contributed by atoms with van der Waals surface area (Å²) in [5.74, 6) is 0.335. The van der Waals surface area contributed by atoms with Crippen molar-refractivity contribution in [2.75, 3.05) is 30.9 Å². The van der Waals surface area contributed by atoms with E-state index in [9.17, 15) is 4.79 Å². The highest BCUT2D eigenvalue weighted by molar-refractivity contribution is 6.03. The van der Waals surface area contributed by atoms with E-state index in [2.05, 4.69) is 41.6 Å². The molecule has 0 aliphatic carbocycles. The monoisotopic (exact) mass is 328 g/mol. The molecular weight excluding hydrogens is 304 g/mol. The number of para-hydroxylation sites is 1. The summed E-state index contributed by atoms with van der Waals surface area (Å²) in [5, 5.41) is 14.0. The van der Waals surface area contributed by atoms with Crippen LogP contribution in [0.2, 0.25) is 0 Å². The molecule has 2 aromatic rings. The van der Waals surface area contributed by atoms with Crippen LogP contribution < -0.4 is 10.6 Å². The number of methoxy groups -OCH3 is 1. The molecule has 0 atom stereocenters. The Kier molecular flexibility index (Phi) is 5.87. The molecule has 1 aromatic carbocycles. The lowest BCUT2D eigenvalue weighted by molar-refractivity contribution is 0.102. The number of rotatable bonds is 6. The van der Waals surface area contributed by atoms with Crippen LogP contribution in [0.1, 0.15) is 36.8 Å². The minimum Gasteiger partial charge on any atom is -0.383 e. The molecule has 1 heterocycles. The van der Waals surface area contributed by atoms with E-state index in [0.29, 0.717) is 19.0 Å². The number of nitrogens with zero attached hydrogens (tertiary/aromatic N) is 2. The van der Waals surface area contributed by atoms with Crippen LogP contribution in [0.3, 0.4) is 0 Å². The second kappa shape index (κ2) is 7.88. The molecule has 0 aliphatic heterocycles. The van der Waals surface area contributed by atoms with Crippen LogP contribution in [0, 0.1) is 0 Å². The van der Waals surface area contributed by atoms with Crippen LogP contribution in [0.15, 0.2) is 36.4 Å². The van der Waals surface area contributed by atoms with Gasteiger partial charge < -0.3 is 15.4 Å². The molecule has 0 aliphatic rings. The topological polar surface area (TPSA) is 76.1 Å². The van der Waals surface area contributed by atoms with Gasteiger partial charge in [-0.25, -0.2) is 0 Å². The van der Waals surface area contributed by atoms with Gasteiger partial charge in [-0.05, 0) is 29.2 Å². The fraction of sp³-hybridized carbons (Fsp3) is 0.389. The van der Waals surface area contributed by atoms with Crippen molar-refractivity contribution >= 4 is 17.4 Å². The van der Waals surface area contributed by atoms with E-state index in [0.717, 1.165) is 11.3 Å². The van der Waals surface area contributed by atoms with E-state index < -0.39 is 0 Å². The Morgan fingerprint density at radius 2 is 1.88 bits per heavy atom. The SMILES string of the molecule is COCCNc1ccc(C(=O)Nc2ccccc2C(C)(C)C)nn1. The van der Waals surface area contributed by atoms with Crippen molar-refractivity contribution in [3.8, 4) is 0 Å². The molecular formula is C18H24N4O2. The van der Waals surface area contributed by atoms with Gasteiger partial charge in [0, 0.05) is 19.3 Å². The maximum absolute atomic E-state index is 12.4. The molecule has 1 aromatic heterocycles. The zero-order chi connectivity index (χ0) is 17.6. The Hall–Kier alpha value is -2.47. The summed E-state index contributed by atoms with van der Waals surface area (Å²) in [6.07, 6.45) is 0. The standard InChI is InChI=1S/C18H24N4O2/c1-18(2,3)13-7-5-6-8-14(13)20-17(23)15-9-10-16(22-21-15)19-11-12-24-4/h5-10H,11-12H2,1-4H3,(H,19,22)(H,20,23). The summed E-state index contributed by atoms with van der Waals surface area (Å²) >= 11 is 0. The first-order chi connectivity index (χ1) is 11.4. The van der Waals surface area contributed by atoms with Crippen LogP contribution in [0.25, 0.3) is 0 Å². The molecule has 1 amide bonds. The van der Waals surface area contributed by atoms with E-state index in [1.54, 1.807) is 19.2 Å². The zero-order valence-corrected chi connectivity index (χ0v) is 14.6. The first-order valence-corrected chi connectivity index (χ1v) is 7.89. The third-order valence-corrected chi connectivity index (χ3v) is 3.49. The third-order valence-electron chi connectivity index (χ3n) is 3.49.